The predicted octanol–water partition coefficient (Wildman–Crippen LogP) is 3.66. The summed E-state index contributed by atoms with van der Waals surface area (Å²) in [5.41, 5.74) is 2.09. The van der Waals surface area contributed by atoms with Crippen LogP contribution in [0.25, 0.3) is 11.3 Å². The summed E-state index contributed by atoms with van der Waals surface area (Å²) in [6, 6.07) is 12.0. The van der Waals surface area contributed by atoms with E-state index < -0.39 is 0 Å². The third-order valence-electron chi connectivity index (χ3n) is 6.33. The van der Waals surface area contributed by atoms with E-state index in [2.05, 4.69) is 25.7 Å². The standard InChI is InChI=1S/C23H33N5O2.HI/c1-24-22(25-17-20-16-21(30-27-20)19-8-4-2-5-9-19)26-18-23(10-6-3-7-11-23)28-12-14-29-15-13-28;/h2,4-5,8-9,16H,3,6-7,10-15,17-18H2,1H3,(H2,24,25,26);1H. The first kappa shape index (κ1) is 24.0. The lowest BCUT2D eigenvalue weighted by Crippen LogP contribution is -2.60. The van der Waals surface area contributed by atoms with Gasteiger partial charge >= 0.3 is 0 Å². The quantitative estimate of drug-likeness (QED) is 0.332. The van der Waals surface area contributed by atoms with E-state index in [0.717, 1.165) is 55.8 Å². The zero-order valence-corrected chi connectivity index (χ0v) is 20.6. The van der Waals surface area contributed by atoms with Crippen molar-refractivity contribution in [1.29, 1.82) is 0 Å². The normalized spacial score (nSPS) is 19.5. The summed E-state index contributed by atoms with van der Waals surface area (Å²) in [4.78, 5) is 7.06. The molecule has 1 aliphatic carbocycles. The minimum atomic E-state index is 0. The molecular formula is C23H34IN5O2. The lowest BCUT2D eigenvalue weighted by atomic mass is 9.80. The smallest absolute Gasteiger partial charge is 0.191 e. The van der Waals surface area contributed by atoms with Crippen molar-refractivity contribution < 1.29 is 9.26 Å². The number of morpholine rings is 1. The minimum Gasteiger partial charge on any atom is -0.379 e. The number of nitrogens with zero attached hydrogens (tertiary/aromatic N) is 3. The van der Waals surface area contributed by atoms with Crippen LogP contribution in [0.1, 0.15) is 37.8 Å². The van der Waals surface area contributed by atoms with Gasteiger partial charge in [-0.25, -0.2) is 0 Å². The number of guanidine groups is 1. The number of ether oxygens (including phenoxy) is 1. The second kappa shape index (κ2) is 11.8. The van der Waals surface area contributed by atoms with Crippen molar-refractivity contribution in [2.75, 3.05) is 39.9 Å². The van der Waals surface area contributed by atoms with E-state index in [1.54, 1.807) is 0 Å². The number of aliphatic imine (C=N–C) groups is 1. The van der Waals surface area contributed by atoms with Gasteiger partial charge in [-0.05, 0) is 12.8 Å². The fourth-order valence-electron chi connectivity index (χ4n) is 4.63. The van der Waals surface area contributed by atoms with Gasteiger partial charge in [-0.2, -0.15) is 0 Å². The Hall–Kier alpha value is -1.65. The van der Waals surface area contributed by atoms with Gasteiger partial charge in [-0.15, -0.1) is 24.0 Å². The van der Waals surface area contributed by atoms with Gasteiger partial charge in [-0.1, -0.05) is 54.8 Å². The number of rotatable bonds is 6. The van der Waals surface area contributed by atoms with Crippen LogP contribution in [0.2, 0.25) is 0 Å². The summed E-state index contributed by atoms with van der Waals surface area (Å²) in [5.74, 6) is 1.58. The molecule has 7 nitrogen and oxygen atoms in total. The Labute approximate surface area is 202 Å². The molecule has 1 aliphatic heterocycles. The Morgan fingerprint density at radius 3 is 2.55 bits per heavy atom. The van der Waals surface area contributed by atoms with Gasteiger partial charge in [-0.3, -0.25) is 9.89 Å². The van der Waals surface area contributed by atoms with Crippen LogP contribution in [0.3, 0.4) is 0 Å². The van der Waals surface area contributed by atoms with Crippen LogP contribution in [0.4, 0.5) is 0 Å². The maximum absolute atomic E-state index is 5.59. The van der Waals surface area contributed by atoms with Crippen LogP contribution < -0.4 is 10.6 Å². The first-order valence-electron chi connectivity index (χ1n) is 11.1. The van der Waals surface area contributed by atoms with Gasteiger partial charge in [0, 0.05) is 43.9 Å². The number of benzene rings is 1. The van der Waals surface area contributed by atoms with E-state index in [0.29, 0.717) is 6.54 Å². The highest BCUT2D eigenvalue weighted by atomic mass is 127. The summed E-state index contributed by atoms with van der Waals surface area (Å²) in [6.07, 6.45) is 6.41. The second-order valence-corrected chi connectivity index (χ2v) is 8.21. The number of hydrogen-bond donors (Lipinski definition) is 2. The Bertz CT molecular complexity index is 814. The zero-order chi connectivity index (χ0) is 20.7. The van der Waals surface area contributed by atoms with Crippen molar-refractivity contribution in [1.82, 2.24) is 20.7 Å². The van der Waals surface area contributed by atoms with Crippen molar-refractivity contribution >= 4 is 29.9 Å². The largest absolute Gasteiger partial charge is 0.379 e. The van der Waals surface area contributed by atoms with Crippen molar-refractivity contribution in [2.24, 2.45) is 4.99 Å². The van der Waals surface area contributed by atoms with Crippen molar-refractivity contribution in [2.45, 2.75) is 44.2 Å². The lowest BCUT2D eigenvalue weighted by molar-refractivity contribution is -0.0352. The highest BCUT2D eigenvalue weighted by Gasteiger charge is 2.38. The minimum absolute atomic E-state index is 0. The molecule has 8 heteroatoms. The molecule has 2 aliphatic rings. The number of halogens is 1. The zero-order valence-electron chi connectivity index (χ0n) is 18.3. The van der Waals surface area contributed by atoms with Crippen molar-refractivity contribution in [3.63, 3.8) is 0 Å². The molecule has 1 saturated heterocycles. The fraction of sp³-hybridized carbons (Fsp3) is 0.565. The first-order chi connectivity index (χ1) is 14.8. The summed E-state index contributed by atoms with van der Waals surface area (Å²) >= 11 is 0. The molecule has 0 bridgehead atoms. The van der Waals surface area contributed by atoms with Crippen LogP contribution in [-0.4, -0.2) is 61.5 Å². The van der Waals surface area contributed by atoms with Gasteiger partial charge in [0.1, 0.15) is 5.69 Å². The van der Waals surface area contributed by atoms with E-state index in [-0.39, 0.29) is 29.5 Å². The van der Waals surface area contributed by atoms with Gasteiger partial charge < -0.3 is 19.9 Å². The molecular weight excluding hydrogens is 505 g/mol. The maximum Gasteiger partial charge on any atom is 0.191 e. The molecule has 0 unspecified atom stereocenters. The van der Waals surface area contributed by atoms with Crippen LogP contribution in [-0.2, 0) is 11.3 Å². The number of aromatic nitrogens is 1. The average Bonchev–Trinajstić information content (AvgIpc) is 3.30. The van der Waals surface area contributed by atoms with Gasteiger partial charge in [0.25, 0.3) is 0 Å². The molecule has 0 amide bonds. The summed E-state index contributed by atoms with van der Waals surface area (Å²) in [5, 5.41) is 11.2. The Morgan fingerprint density at radius 2 is 1.84 bits per heavy atom. The predicted molar refractivity (Wildman–Crippen MR) is 134 cm³/mol. The third kappa shape index (κ3) is 6.20. The average molecular weight is 539 g/mol. The van der Waals surface area contributed by atoms with Crippen molar-refractivity contribution in [3.8, 4) is 11.3 Å². The molecule has 2 aromatic rings. The fourth-order valence-corrected chi connectivity index (χ4v) is 4.63. The van der Waals surface area contributed by atoms with E-state index in [1.165, 1.54) is 32.1 Å². The van der Waals surface area contributed by atoms with Gasteiger partial charge in [0.2, 0.25) is 0 Å². The molecule has 0 radical (unpaired) electrons. The van der Waals surface area contributed by atoms with E-state index in [4.69, 9.17) is 9.26 Å². The summed E-state index contributed by atoms with van der Waals surface area (Å²) in [6.45, 7) is 5.19. The van der Waals surface area contributed by atoms with Crippen LogP contribution in [0, 0.1) is 0 Å². The van der Waals surface area contributed by atoms with Crippen LogP contribution >= 0.6 is 24.0 Å². The molecule has 2 N–H and O–H groups in total. The van der Waals surface area contributed by atoms with E-state index >= 15 is 0 Å². The second-order valence-electron chi connectivity index (χ2n) is 8.21. The highest BCUT2D eigenvalue weighted by molar-refractivity contribution is 14.0. The SMILES string of the molecule is CN=C(NCc1cc(-c2ccccc2)on1)NCC1(N2CCOCC2)CCCCC1.I. The Kier molecular flexibility index (Phi) is 9.15. The van der Waals surface area contributed by atoms with Crippen LogP contribution in [0.5, 0.6) is 0 Å². The molecule has 1 saturated carbocycles. The maximum atomic E-state index is 5.59. The van der Waals surface area contributed by atoms with Crippen molar-refractivity contribution in [3.05, 3.63) is 42.1 Å². The molecule has 170 valence electrons. The molecule has 2 fully saturated rings. The van der Waals surface area contributed by atoms with Gasteiger partial charge in [0.15, 0.2) is 11.7 Å². The first-order valence-corrected chi connectivity index (χ1v) is 11.1. The van der Waals surface area contributed by atoms with E-state index in [1.807, 2.05) is 43.4 Å². The molecule has 1 aromatic heterocycles. The molecule has 31 heavy (non-hydrogen) atoms. The summed E-state index contributed by atoms with van der Waals surface area (Å²) in [7, 11) is 1.82. The van der Waals surface area contributed by atoms with Gasteiger partial charge in [0.05, 0.1) is 19.8 Å². The number of nitrogens with one attached hydrogen (secondary N) is 2. The highest BCUT2D eigenvalue weighted by Crippen LogP contribution is 2.33. The lowest BCUT2D eigenvalue weighted by Gasteiger charge is -2.48. The molecule has 2 heterocycles. The van der Waals surface area contributed by atoms with Crippen LogP contribution in [0.15, 0.2) is 45.9 Å². The molecule has 1 aromatic carbocycles. The number of hydrogen-bond acceptors (Lipinski definition) is 5. The molecule has 0 atom stereocenters. The van der Waals surface area contributed by atoms with E-state index in [9.17, 15) is 0 Å². The molecule has 0 spiro atoms. The monoisotopic (exact) mass is 539 g/mol. The Morgan fingerprint density at radius 1 is 1.10 bits per heavy atom. The third-order valence-corrected chi connectivity index (χ3v) is 6.33. The topological polar surface area (TPSA) is 74.9 Å². The Balaban J connectivity index is 0.00000272. The summed E-state index contributed by atoms with van der Waals surface area (Å²) < 4.78 is 11.1. The molecule has 4 rings (SSSR count).